The number of hydrogen-bond acceptors (Lipinski definition) is 4. The molecule has 2 heterocycles. The van der Waals surface area contributed by atoms with Crippen molar-refractivity contribution < 1.29 is 14.3 Å². The maximum atomic E-state index is 12.9. The van der Waals surface area contributed by atoms with E-state index in [9.17, 15) is 4.79 Å². The van der Waals surface area contributed by atoms with Crippen LogP contribution in [0.4, 0.5) is 5.69 Å². The molecule has 136 valence electrons. The van der Waals surface area contributed by atoms with Crippen molar-refractivity contribution in [3.05, 3.63) is 52.9 Å². The monoisotopic (exact) mass is 373 g/mol. The minimum Gasteiger partial charge on any atom is -0.495 e. The lowest BCUT2D eigenvalue weighted by atomic mass is 10.2. The number of ether oxygens (including phenoxy) is 2. The van der Waals surface area contributed by atoms with Gasteiger partial charge in [-0.25, -0.2) is 4.98 Å². The molecule has 0 aliphatic heterocycles. The minimum absolute atomic E-state index is 0.260. The SMILES string of the molecule is CCOc1cccn2c(C(=O)Nc3ccc(OC)c(Cl)c3)c(CC)nc12. The van der Waals surface area contributed by atoms with Gasteiger partial charge >= 0.3 is 0 Å². The van der Waals surface area contributed by atoms with Crippen molar-refractivity contribution in [1.82, 2.24) is 9.38 Å². The standard InChI is InChI=1S/C19H20ClN3O3/c1-4-14-17(23-10-6-7-16(26-5-2)18(23)22-14)19(24)21-12-8-9-15(25-3)13(20)11-12/h6-11H,4-5H2,1-3H3,(H,21,24). The van der Waals surface area contributed by atoms with Gasteiger partial charge in [-0.1, -0.05) is 18.5 Å². The number of rotatable bonds is 6. The third kappa shape index (κ3) is 3.32. The number of methoxy groups -OCH3 is 1. The van der Waals surface area contributed by atoms with E-state index >= 15 is 0 Å². The van der Waals surface area contributed by atoms with E-state index in [-0.39, 0.29) is 5.91 Å². The van der Waals surface area contributed by atoms with Crippen molar-refractivity contribution in [2.75, 3.05) is 19.0 Å². The predicted octanol–water partition coefficient (Wildman–Crippen LogP) is 4.21. The van der Waals surface area contributed by atoms with Gasteiger partial charge in [0.15, 0.2) is 11.4 Å². The number of aryl methyl sites for hydroxylation is 1. The predicted molar refractivity (Wildman–Crippen MR) is 102 cm³/mol. The van der Waals surface area contributed by atoms with E-state index in [4.69, 9.17) is 21.1 Å². The molecule has 3 aromatic rings. The Hall–Kier alpha value is -2.73. The van der Waals surface area contributed by atoms with E-state index < -0.39 is 0 Å². The quantitative estimate of drug-likeness (QED) is 0.703. The average molecular weight is 374 g/mol. The van der Waals surface area contributed by atoms with Crippen LogP contribution in [0.15, 0.2) is 36.5 Å². The van der Waals surface area contributed by atoms with Gasteiger partial charge in [0.2, 0.25) is 0 Å². The van der Waals surface area contributed by atoms with Crippen molar-refractivity contribution in [2.24, 2.45) is 0 Å². The lowest BCUT2D eigenvalue weighted by molar-refractivity contribution is 0.102. The number of pyridine rings is 1. The fraction of sp³-hybridized carbons (Fsp3) is 0.263. The molecule has 0 atom stereocenters. The third-order valence-corrected chi connectivity index (χ3v) is 4.24. The van der Waals surface area contributed by atoms with Crippen LogP contribution in [0.3, 0.4) is 0 Å². The number of imidazole rings is 1. The molecule has 1 N–H and O–H groups in total. The second kappa shape index (κ2) is 7.66. The average Bonchev–Trinajstić information content (AvgIpc) is 3.02. The maximum absolute atomic E-state index is 12.9. The molecule has 7 heteroatoms. The molecule has 1 amide bonds. The summed E-state index contributed by atoms with van der Waals surface area (Å²) in [4.78, 5) is 17.5. The Kier molecular flexibility index (Phi) is 5.32. The van der Waals surface area contributed by atoms with Gasteiger partial charge in [0.25, 0.3) is 5.91 Å². The van der Waals surface area contributed by atoms with Crippen LogP contribution >= 0.6 is 11.6 Å². The molecule has 3 rings (SSSR count). The lowest BCUT2D eigenvalue weighted by Crippen LogP contribution is -2.16. The molecule has 0 aliphatic rings. The summed E-state index contributed by atoms with van der Waals surface area (Å²) in [5.74, 6) is 0.940. The van der Waals surface area contributed by atoms with Gasteiger partial charge in [0.1, 0.15) is 11.4 Å². The molecule has 26 heavy (non-hydrogen) atoms. The molecule has 0 fully saturated rings. The second-order valence-corrected chi connectivity index (χ2v) is 5.97. The highest BCUT2D eigenvalue weighted by Gasteiger charge is 2.20. The van der Waals surface area contributed by atoms with E-state index in [1.54, 1.807) is 35.9 Å². The van der Waals surface area contributed by atoms with E-state index in [0.717, 1.165) is 0 Å². The number of amides is 1. The van der Waals surface area contributed by atoms with Gasteiger partial charge < -0.3 is 14.8 Å². The van der Waals surface area contributed by atoms with Crippen molar-refractivity contribution in [2.45, 2.75) is 20.3 Å². The number of nitrogens with one attached hydrogen (secondary N) is 1. The topological polar surface area (TPSA) is 64.9 Å². The molecule has 0 saturated carbocycles. The molecule has 6 nitrogen and oxygen atoms in total. The van der Waals surface area contributed by atoms with Crippen LogP contribution in [0.1, 0.15) is 30.0 Å². The summed E-state index contributed by atoms with van der Waals surface area (Å²) in [7, 11) is 1.54. The van der Waals surface area contributed by atoms with Crippen LogP contribution in [0.25, 0.3) is 5.65 Å². The summed E-state index contributed by atoms with van der Waals surface area (Å²) in [6, 6.07) is 8.78. The normalized spacial score (nSPS) is 10.8. The molecular formula is C19H20ClN3O3. The highest BCUT2D eigenvalue weighted by molar-refractivity contribution is 6.32. The summed E-state index contributed by atoms with van der Waals surface area (Å²) in [5, 5.41) is 3.30. The Bertz CT molecular complexity index is 953. The Labute approximate surface area is 156 Å². The first-order chi connectivity index (χ1) is 12.6. The van der Waals surface area contributed by atoms with Gasteiger partial charge in [0.05, 0.1) is 24.4 Å². The molecule has 0 saturated heterocycles. The Morgan fingerprint density at radius 2 is 2.08 bits per heavy atom. The number of anilines is 1. The Balaban J connectivity index is 2.00. The van der Waals surface area contributed by atoms with Gasteiger partial charge in [-0.2, -0.15) is 0 Å². The van der Waals surface area contributed by atoms with E-state index in [2.05, 4.69) is 10.3 Å². The highest BCUT2D eigenvalue weighted by Crippen LogP contribution is 2.28. The third-order valence-electron chi connectivity index (χ3n) is 3.95. The number of carbonyl (C=O) groups is 1. The van der Waals surface area contributed by atoms with Crippen LogP contribution in [-0.4, -0.2) is 29.0 Å². The molecule has 0 radical (unpaired) electrons. The van der Waals surface area contributed by atoms with E-state index in [1.165, 1.54) is 0 Å². The number of benzene rings is 1. The van der Waals surface area contributed by atoms with E-state index in [1.807, 2.05) is 26.0 Å². The molecule has 1 aromatic carbocycles. The van der Waals surface area contributed by atoms with Gasteiger partial charge in [-0.15, -0.1) is 0 Å². The number of aromatic nitrogens is 2. The first-order valence-electron chi connectivity index (χ1n) is 8.36. The second-order valence-electron chi connectivity index (χ2n) is 5.56. The van der Waals surface area contributed by atoms with Gasteiger partial charge in [-0.05, 0) is 43.7 Å². The zero-order chi connectivity index (χ0) is 18.7. The summed E-state index contributed by atoms with van der Waals surface area (Å²) >= 11 is 6.14. The van der Waals surface area contributed by atoms with E-state index in [0.29, 0.717) is 52.3 Å². The largest absolute Gasteiger partial charge is 0.495 e. The van der Waals surface area contributed by atoms with Crippen molar-refractivity contribution in [3.8, 4) is 11.5 Å². The molecule has 0 aliphatic carbocycles. The Morgan fingerprint density at radius 3 is 2.73 bits per heavy atom. The molecule has 0 spiro atoms. The summed E-state index contributed by atoms with van der Waals surface area (Å²) in [5.41, 5.74) is 2.40. The summed E-state index contributed by atoms with van der Waals surface area (Å²) in [6.07, 6.45) is 2.43. The summed E-state index contributed by atoms with van der Waals surface area (Å²) in [6.45, 7) is 4.40. The van der Waals surface area contributed by atoms with Crippen molar-refractivity contribution in [1.29, 1.82) is 0 Å². The number of fused-ring (bicyclic) bond motifs is 1. The molecule has 0 bridgehead atoms. The van der Waals surface area contributed by atoms with Crippen LogP contribution in [-0.2, 0) is 6.42 Å². The highest BCUT2D eigenvalue weighted by atomic mass is 35.5. The smallest absolute Gasteiger partial charge is 0.274 e. The van der Waals surface area contributed by atoms with Crippen LogP contribution in [0.5, 0.6) is 11.5 Å². The zero-order valence-electron chi connectivity index (χ0n) is 14.9. The molecule has 2 aromatic heterocycles. The fourth-order valence-corrected chi connectivity index (χ4v) is 3.04. The zero-order valence-corrected chi connectivity index (χ0v) is 15.6. The van der Waals surface area contributed by atoms with Crippen molar-refractivity contribution >= 4 is 28.8 Å². The van der Waals surface area contributed by atoms with Crippen LogP contribution in [0, 0.1) is 0 Å². The summed E-state index contributed by atoms with van der Waals surface area (Å²) < 4.78 is 12.5. The Morgan fingerprint density at radius 1 is 1.27 bits per heavy atom. The first-order valence-corrected chi connectivity index (χ1v) is 8.74. The number of nitrogens with zero attached hydrogens (tertiary/aromatic N) is 2. The minimum atomic E-state index is -0.260. The number of hydrogen-bond donors (Lipinski definition) is 1. The van der Waals surface area contributed by atoms with Crippen molar-refractivity contribution in [3.63, 3.8) is 0 Å². The molecule has 0 unspecified atom stereocenters. The maximum Gasteiger partial charge on any atom is 0.274 e. The van der Waals surface area contributed by atoms with Crippen LogP contribution < -0.4 is 14.8 Å². The molecular weight excluding hydrogens is 354 g/mol. The lowest BCUT2D eigenvalue weighted by Gasteiger charge is -2.09. The van der Waals surface area contributed by atoms with Crippen LogP contribution in [0.2, 0.25) is 5.02 Å². The fourth-order valence-electron chi connectivity index (χ4n) is 2.78. The first kappa shape index (κ1) is 18.1. The van der Waals surface area contributed by atoms with Gasteiger partial charge in [-0.3, -0.25) is 9.20 Å². The number of halogens is 1. The van der Waals surface area contributed by atoms with Gasteiger partial charge in [0, 0.05) is 11.9 Å². The number of carbonyl (C=O) groups excluding carboxylic acids is 1.